The summed E-state index contributed by atoms with van der Waals surface area (Å²) in [5, 5.41) is 9.10. The van der Waals surface area contributed by atoms with Crippen molar-refractivity contribution in [2.45, 2.75) is 63.5 Å². The van der Waals surface area contributed by atoms with E-state index >= 15 is 0 Å². The average Bonchev–Trinajstić information content (AvgIpc) is 2.74. The molecule has 2 rings (SSSR count). The van der Waals surface area contributed by atoms with Gasteiger partial charge in [0.15, 0.2) is 0 Å². The number of fused-ring (bicyclic) bond motifs is 1. The number of hydrogen-bond donors (Lipinski definition) is 1. The van der Waals surface area contributed by atoms with Gasteiger partial charge in [0.25, 0.3) is 0 Å². The van der Waals surface area contributed by atoms with E-state index in [0.717, 1.165) is 24.4 Å². The molecule has 1 heterocycles. The van der Waals surface area contributed by atoms with Gasteiger partial charge in [-0.05, 0) is 71.6 Å². The van der Waals surface area contributed by atoms with E-state index in [1.54, 1.807) is 0 Å². The Kier molecular flexibility index (Phi) is 6.11. The van der Waals surface area contributed by atoms with Crippen LogP contribution < -0.4 is 0 Å². The van der Waals surface area contributed by atoms with E-state index in [2.05, 4.69) is 23.9 Å². The lowest BCUT2D eigenvalue weighted by atomic mass is 9.84. The summed E-state index contributed by atoms with van der Waals surface area (Å²) in [4.78, 5) is 5.10. The molecule has 1 N–H and O–H groups in total. The summed E-state index contributed by atoms with van der Waals surface area (Å²) >= 11 is 0. The number of aliphatic hydroxyl groups is 1. The lowest BCUT2D eigenvalue weighted by molar-refractivity contribution is 0.136. The molecule has 1 aliphatic carbocycles. The van der Waals surface area contributed by atoms with Crippen LogP contribution in [0.5, 0.6) is 0 Å². The van der Waals surface area contributed by atoms with E-state index in [9.17, 15) is 0 Å². The Morgan fingerprint density at radius 2 is 1.95 bits per heavy atom. The van der Waals surface area contributed by atoms with E-state index in [1.165, 1.54) is 58.0 Å². The molecule has 2 fully saturated rings. The fraction of sp³-hybridized carbons (Fsp3) is 1.00. The lowest BCUT2D eigenvalue weighted by Crippen LogP contribution is -2.40. The molecular weight excluding hydrogens is 236 g/mol. The molecule has 3 atom stereocenters. The lowest BCUT2D eigenvalue weighted by Gasteiger charge is -2.34. The Morgan fingerprint density at radius 1 is 1.16 bits per heavy atom. The summed E-state index contributed by atoms with van der Waals surface area (Å²) in [5.74, 6) is 0.955. The van der Waals surface area contributed by atoms with Crippen molar-refractivity contribution in [2.24, 2.45) is 5.92 Å². The molecule has 1 aliphatic heterocycles. The Balaban J connectivity index is 1.88. The molecule has 0 bridgehead atoms. The second-order valence-corrected chi connectivity index (χ2v) is 6.76. The standard InChI is InChI=1S/C16H32N2O/c1-17(2)10-6-11-18-15(8-5-12-19)13-14-7-3-4-9-16(14)18/h14-16,19H,3-13H2,1-2H3. The second kappa shape index (κ2) is 7.61. The van der Waals surface area contributed by atoms with Crippen LogP contribution in [0.15, 0.2) is 0 Å². The summed E-state index contributed by atoms with van der Waals surface area (Å²) in [7, 11) is 4.33. The van der Waals surface area contributed by atoms with Crippen molar-refractivity contribution in [1.82, 2.24) is 9.80 Å². The predicted octanol–water partition coefficient (Wildman–Crippen LogP) is 2.34. The molecule has 3 nitrogen and oxygen atoms in total. The third-order valence-electron chi connectivity index (χ3n) is 5.06. The molecule has 3 unspecified atom stereocenters. The van der Waals surface area contributed by atoms with Gasteiger partial charge in [-0.3, -0.25) is 4.90 Å². The van der Waals surface area contributed by atoms with Gasteiger partial charge in [-0.25, -0.2) is 0 Å². The number of likely N-dealkylation sites (tertiary alicyclic amines) is 1. The van der Waals surface area contributed by atoms with Gasteiger partial charge in [0, 0.05) is 18.7 Å². The molecule has 3 heteroatoms. The molecule has 2 aliphatic rings. The van der Waals surface area contributed by atoms with E-state index < -0.39 is 0 Å². The van der Waals surface area contributed by atoms with Gasteiger partial charge in [-0.1, -0.05) is 12.8 Å². The number of rotatable bonds is 7. The average molecular weight is 268 g/mol. The maximum atomic E-state index is 9.10. The van der Waals surface area contributed by atoms with Crippen LogP contribution in [0, 0.1) is 5.92 Å². The van der Waals surface area contributed by atoms with Crippen LogP contribution in [-0.2, 0) is 0 Å². The van der Waals surface area contributed by atoms with E-state index in [0.29, 0.717) is 6.61 Å². The predicted molar refractivity (Wildman–Crippen MR) is 80.3 cm³/mol. The maximum Gasteiger partial charge on any atom is 0.0431 e. The molecule has 1 saturated heterocycles. The third kappa shape index (κ3) is 4.17. The monoisotopic (exact) mass is 268 g/mol. The van der Waals surface area contributed by atoms with Gasteiger partial charge in [0.1, 0.15) is 0 Å². The summed E-state index contributed by atoms with van der Waals surface area (Å²) in [5.41, 5.74) is 0. The minimum absolute atomic E-state index is 0.359. The minimum atomic E-state index is 0.359. The number of hydrogen-bond acceptors (Lipinski definition) is 3. The van der Waals surface area contributed by atoms with Gasteiger partial charge in [0.05, 0.1) is 0 Å². The molecule has 0 radical (unpaired) electrons. The van der Waals surface area contributed by atoms with Crippen LogP contribution in [0.25, 0.3) is 0 Å². The van der Waals surface area contributed by atoms with Gasteiger partial charge in [-0.2, -0.15) is 0 Å². The van der Waals surface area contributed by atoms with Crippen molar-refractivity contribution < 1.29 is 5.11 Å². The van der Waals surface area contributed by atoms with Crippen LogP contribution in [0.4, 0.5) is 0 Å². The Morgan fingerprint density at radius 3 is 2.68 bits per heavy atom. The first-order valence-corrected chi connectivity index (χ1v) is 8.23. The number of aliphatic hydroxyl groups excluding tert-OH is 1. The van der Waals surface area contributed by atoms with Crippen LogP contribution >= 0.6 is 0 Å². The van der Waals surface area contributed by atoms with Crippen molar-refractivity contribution in [2.75, 3.05) is 33.8 Å². The van der Waals surface area contributed by atoms with Crippen LogP contribution in [-0.4, -0.2) is 60.8 Å². The highest BCUT2D eigenvalue weighted by Crippen LogP contribution is 2.40. The summed E-state index contributed by atoms with van der Waals surface area (Å²) in [6.45, 7) is 2.81. The molecule has 0 aromatic carbocycles. The third-order valence-corrected chi connectivity index (χ3v) is 5.06. The van der Waals surface area contributed by atoms with Gasteiger partial charge in [0.2, 0.25) is 0 Å². The topological polar surface area (TPSA) is 26.7 Å². The minimum Gasteiger partial charge on any atom is -0.396 e. The Bertz CT molecular complexity index is 257. The van der Waals surface area contributed by atoms with Crippen molar-refractivity contribution >= 4 is 0 Å². The first-order chi connectivity index (χ1) is 9.22. The zero-order valence-corrected chi connectivity index (χ0v) is 12.9. The van der Waals surface area contributed by atoms with Crippen LogP contribution in [0.1, 0.15) is 51.4 Å². The summed E-state index contributed by atoms with van der Waals surface area (Å²) < 4.78 is 0. The first kappa shape index (κ1) is 15.3. The quantitative estimate of drug-likeness (QED) is 0.768. The van der Waals surface area contributed by atoms with Crippen molar-refractivity contribution in [3.8, 4) is 0 Å². The van der Waals surface area contributed by atoms with Crippen LogP contribution in [0.2, 0.25) is 0 Å². The first-order valence-electron chi connectivity index (χ1n) is 8.23. The Hall–Kier alpha value is -0.120. The van der Waals surface area contributed by atoms with E-state index in [1.807, 2.05) is 0 Å². The summed E-state index contributed by atoms with van der Waals surface area (Å²) in [6.07, 6.45) is 10.6. The highest BCUT2D eigenvalue weighted by atomic mass is 16.2. The van der Waals surface area contributed by atoms with Gasteiger partial charge >= 0.3 is 0 Å². The largest absolute Gasteiger partial charge is 0.396 e. The molecular formula is C16H32N2O. The number of nitrogens with zero attached hydrogens (tertiary/aromatic N) is 2. The van der Waals surface area contributed by atoms with Gasteiger partial charge < -0.3 is 10.0 Å². The van der Waals surface area contributed by atoms with Crippen molar-refractivity contribution in [3.63, 3.8) is 0 Å². The van der Waals surface area contributed by atoms with Crippen molar-refractivity contribution in [1.29, 1.82) is 0 Å². The smallest absolute Gasteiger partial charge is 0.0431 e. The second-order valence-electron chi connectivity index (χ2n) is 6.76. The van der Waals surface area contributed by atoms with Crippen molar-refractivity contribution in [3.05, 3.63) is 0 Å². The molecule has 0 amide bonds. The molecule has 0 aromatic rings. The fourth-order valence-corrected chi connectivity index (χ4v) is 4.18. The zero-order chi connectivity index (χ0) is 13.7. The summed E-state index contributed by atoms with van der Waals surface area (Å²) in [6, 6.07) is 1.61. The molecule has 1 saturated carbocycles. The highest BCUT2D eigenvalue weighted by molar-refractivity contribution is 4.95. The molecule has 112 valence electrons. The fourth-order valence-electron chi connectivity index (χ4n) is 4.18. The molecule has 19 heavy (non-hydrogen) atoms. The van der Waals surface area contributed by atoms with Crippen LogP contribution in [0.3, 0.4) is 0 Å². The highest BCUT2D eigenvalue weighted by Gasteiger charge is 2.40. The zero-order valence-electron chi connectivity index (χ0n) is 12.9. The SMILES string of the molecule is CN(C)CCCN1C(CCCO)CC2CCCCC21. The molecule has 0 aromatic heterocycles. The van der Waals surface area contributed by atoms with Gasteiger partial charge in [-0.15, -0.1) is 0 Å². The maximum absolute atomic E-state index is 9.10. The molecule has 0 spiro atoms. The van der Waals surface area contributed by atoms with E-state index in [4.69, 9.17) is 5.11 Å². The Labute approximate surface area is 119 Å². The van der Waals surface area contributed by atoms with E-state index in [-0.39, 0.29) is 0 Å². The normalized spacial score (nSPS) is 31.9.